The number of hydrogen-bond donors (Lipinski definition) is 2. The van der Waals surface area contributed by atoms with Crippen molar-refractivity contribution in [3.8, 4) is 0 Å². The molecule has 0 aliphatic carbocycles. The van der Waals surface area contributed by atoms with Gasteiger partial charge in [-0.1, -0.05) is 54.1 Å². The van der Waals surface area contributed by atoms with Gasteiger partial charge in [0, 0.05) is 49.2 Å². The number of nitrogens with zero attached hydrogens (tertiary/aromatic N) is 4. The maximum Gasteiger partial charge on any atom is 0.262 e. The molecule has 4 aromatic rings. The van der Waals surface area contributed by atoms with E-state index >= 15 is 0 Å². The second-order valence-corrected chi connectivity index (χ2v) is 11.6. The predicted molar refractivity (Wildman–Crippen MR) is 155 cm³/mol. The summed E-state index contributed by atoms with van der Waals surface area (Å²) in [5.41, 5.74) is 1.61. The van der Waals surface area contributed by atoms with Crippen LogP contribution in [0.15, 0.2) is 78.0 Å². The number of hydrogen-bond acceptors (Lipinski definition) is 5. The molecule has 2 aromatic heterocycles. The van der Waals surface area contributed by atoms with Gasteiger partial charge in [0.25, 0.3) is 5.56 Å². The first-order chi connectivity index (χ1) is 19.4. The van der Waals surface area contributed by atoms with Gasteiger partial charge in [0.1, 0.15) is 12.0 Å². The molecule has 2 aliphatic heterocycles. The molecule has 0 radical (unpaired) electrons. The zero-order chi connectivity index (χ0) is 27.7. The van der Waals surface area contributed by atoms with Crippen LogP contribution in [0.3, 0.4) is 0 Å². The second-order valence-electron chi connectivity index (χ2n) is 11.2. The third kappa shape index (κ3) is 5.44. The molecule has 2 N–H and O–H groups in total. The summed E-state index contributed by atoms with van der Waals surface area (Å²) in [4.78, 5) is 33.4. The lowest BCUT2D eigenvalue weighted by molar-refractivity contribution is -0.141. The molecular formula is C31H34ClN5O3. The number of carbonyl (C=O) groups is 1. The third-order valence-corrected chi connectivity index (χ3v) is 8.76. The number of carbonyl (C=O) groups excluding carboxylic acids is 1. The molecule has 40 heavy (non-hydrogen) atoms. The van der Waals surface area contributed by atoms with Gasteiger partial charge < -0.3 is 19.9 Å². The van der Waals surface area contributed by atoms with E-state index in [1.54, 1.807) is 6.07 Å². The summed E-state index contributed by atoms with van der Waals surface area (Å²) in [6.45, 7) is 3.30. The SMILES string of the molecule is O=C([C@@H]1CCNC[C@H]1c1ccccc1)N1CCC(O)(Cn2cnc3c(ccn3Cc3ccc(Cl)cc3)c2=O)CC1. The van der Waals surface area contributed by atoms with E-state index in [0.29, 0.717) is 48.5 Å². The maximum atomic E-state index is 13.6. The summed E-state index contributed by atoms with van der Waals surface area (Å²) < 4.78 is 3.44. The van der Waals surface area contributed by atoms with Crippen LogP contribution >= 0.6 is 11.6 Å². The topological polar surface area (TPSA) is 92.4 Å². The van der Waals surface area contributed by atoms with E-state index in [9.17, 15) is 14.7 Å². The summed E-state index contributed by atoms with van der Waals surface area (Å²) in [7, 11) is 0. The number of piperidine rings is 2. The summed E-state index contributed by atoms with van der Waals surface area (Å²) in [5, 5.41) is 16.1. The quantitative estimate of drug-likeness (QED) is 0.376. The van der Waals surface area contributed by atoms with Gasteiger partial charge in [-0.25, -0.2) is 4.98 Å². The van der Waals surface area contributed by atoms with Crippen molar-refractivity contribution < 1.29 is 9.90 Å². The molecule has 0 spiro atoms. The third-order valence-electron chi connectivity index (χ3n) is 8.51. The van der Waals surface area contributed by atoms with Gasteiger partial charge in [0.05, 0.1) is 17.5 Å². The Morgan fingerprint density at radius 1 is 1.05 bits per heavy atom. The van der Waals surface area contributed by atoms with Crippen molar-refractivity contribution in [1.29, 1.82) is 0 Å². The van der Waals surface area contributed by atoms with E-state index in [-0.39, 0.29) is 29.8 Å². The fraction of sp³-hybridized carbons (Fsp3) is 0.387. The Kier molecular flexibility index (Phi) is 7.49. The second kappa shape index (κ2) is 11.2. The van der Waals surface area contributed by atoms with Crippen LogP contribution in [-0.4, -0.2) is 61.8 Å². The number of benzene rings is 2. The van der Waals surface area contributed by atoms with Crippen molar-refractivity contribution >= 4 is 28.5 Å². The lowest BCUT2D eigenvalue weighted by Gasteiger charge is -2.41. The van der Waals surface area contributed by atoms with Gasteiger partial charge in [0.15, 0.2) is 0 Å². The van der Waals surface area contributed by atoms with Crippen LogP contribution in [0.5, 0.6) is 0 Å². The molecule has 8 nitrogen and oxygen atoms in total. The van der Waals surface area contributed by atoms with Crippen LogP contribution in [0.4, 0.5) is 0 Å². The summed E-state index contributed by atoms with van der Waals surface area (Å²) in [6.07, 6.45) is 5.03. The van der Waals surface area contributed by atoms with Crippen molar-refractivity contribution in [1.82, 2.24) is 24.3 Å². The Labute approximate surface area is 238 Å². The molecular weight excluding hydrogens is 526 g/mol. The van der Waals surface area contributed by atoms with Crippen LogP contribution in [0, 0.1) is 5.92 Å². The van der Waals surface area contributed by atoms with E-state index in [1.807, 2.05) is 58.1 Å². The first-order valence-corrected chi connectivity index (χ1v) is 14.3. The highest BCUT2D eigenvalue weighted by Gasteiger charge is 2.39. The highest BCUT2D eigenvalue weighted by atomic mass is 35.5. The number of amides is 1. The molecule has 4 heterocycles. The van der Waals surface area contributed by atoms with Gasteiger partial charge in [-0.3, -0.25) is 14.2 Å². The minimum atomic E-state index is -1.07. The monoisotopic (exact) mass is 559 g/mol. The highest BCUT2D eigenvalue weighted by Crippen LogP contribution is 2.33. The number of nitrogens with one attached hydrogen (secondary N) is 1. The van der Waals surface area contributed by atoms with Crippen molar-refractivity contribution in [2.45, 2.75) is 43.9 Å². The summed E-state index contributed by atoms with van der Waals surface area (Å²) in [5.74, 6) is 0.243. The van der Waals surface area contributed by atoms with Crippen LogP contribution in [-0.2, 0) is 17.9 Å². The number of aliphatic hydroxyl groups is 1. The lowest BCUT2D eigenvalue weighted by Crippen LogP contribution is -2.52. The van der Waals surface area contributed by atoms with Gasteiger partial charge in [-0.05, 0) is 55.1 Å². The first-order valence-electron chi connectivity index (χ1n) is 14.0. The highest BCUT2D eigenvalue weighted by molar-refractivity contribution is 6.30. The fourth-order valence-corrected chi connectivity index (χ4v) is 6.32. The van der Waals surface area contributed by atoms with Crippen molar-refractivity contribution in [2.75, 3.05) is 26.2 Å². The Balaban J connectivity index is 1.12. The maximum absolute atomic E-state index is 13.6. The Bertz CT molecular complexity index is 1540. The Morgan fingerprint density at radius 2 is 1.80 bits per heavy atom. The predicted octanol–water partition coefficient (Wildman–Crippen LogP) is 3.65. The molecule has 6 rings (SSSR count). The largest absolute Gasteiger partial charge is 0.388 e. The first kappa shape index (κ1) is 26.7. The zero-order valence-corrected chi connectivity index (χ0v) is 23.1. The van der Waals surface area contributed by atoms with Gasteiger partial charge >= 0.3 is 0 Å². The van der Waals surface area contributed by atoms with E-state index < -0.39 is 5.60 Å². The minimum absolute atomic E-state index is 0.0685. The van der Waals surface area contributed by atoms with Crippen LogP contribution < -0.4 is 10.9 Å². The van der Waals surface area contributed by atoms with Crippen LogP contribution in [0.2, 0.25) is 5.02 Å². The van der Waals surface area contributed by atoms with Crippen molar-refractivity contribution in [3.05, 3.63) is 99.7 Å². The number of fused-ring (bicyclic) bond motifs is 1. The minimum Gasteiger partial charge on any atom is -0.388 e. The molecule has 208 valence electrons. The molecule has 2 fully saturated rings. The summed E-state index contributed by atoms with van der Waals surface area (Å²) >= 11 is 6.00. The fourth-order valence-electron chi connectivity index (χ4n) is 6.19. The van der Waals surface area contributed by atoms with Gasteiger partial charge in [0.2, 0.25) is 5.91 Å². The number of halogens is 1. The standard InChI is InChI=1S/C31H34ClN5O3/c32-24-8-6-22(7-9-24)19-36-15-11-26-28(36)34-21-37(30(26)39)20-31(40)12-16-35(17-13-31)29(38)25-10-14-33-18-27(25)23-4-2-1-3-5-23/h1-9,11,15,21,25,27,33,40H,10,12-14,16-20H2/t25-,27+/m1/s1. The molecule has 0 bridgehead atoms. The van der Waals surface area contributed by atoms with Crippen LogP contribution in [0.25, 0.3) is 11.0 Å². The normalized spacial score (nSPS) is 21.0. The number of rotatable bonds is 6. The molecule has 1 amide bonds. The summed E-state index contributed by atoms with van der Waals surface area (Å²) in [6, 6.07) is 19.6. The molecule has 0 saturated carbocycles. The van der Waals surface area contributed by atoms with E-state index in [0.717, 1.165) is 25.1 Å². The van der Waals surface area contributed by atoms with E-state index in [4.69, 9.17) is 11.6 Å². The average Bonchev–Trinajstić information content (AvgIpc) is 3.39. The van der Waals surface area contributed by atoms with Crippen molar-refractivity contribution in [3.63, 3.8) is 0 Å². The zero-order valence-electron chi connectivity index (χ0n) is 22.4. The van der Waals surface area contributed by atoms with E-state index in [1.165, 1.54) is 16.5 Å². The molecule has 2 saturated heterocycles. The molecule has 2 atom stereocenters. The van der Waals surface area contributed by atoms with Gasteiger partial charge in [-0.2, -0.15) is 0 Å². The molecule has 0 unspecified atom stereocenters. The molecule has 2 aliphatic rings. The Hall–Kier alpha value is -3.46. The molecule has 9 heteroatoms. The smallest absolute Gasteiger partial charge is 0.262 e. The van der Waals surface area contributed by atoms with Gasteiger partial charge in [-0.15, -0.1) is 0 Å². The number of aromatic nitrogens is 3. The Morgan fingerprint density at radius 3 is 2.55 bits per heavy atom. The lowest BCUT2D eigenvalue weighted by atomic mass is 9.80. The van der Waals surface area contributed by atoms with Crippen molar-refractivity contribution in [2.24, 2.45) is 5.92 Å². The van der Waals surface area contributed by atoms with Crippen LogP contribution in [0.1, 0.15) is 36.3 Å². The average molecular weight is 560 g/mol. The number of likely N-dealkylation sites (tertiary alicyclic amines) is 1. The molecule has 2 aromatic carbocycles. The van der Waals surface area contributed by atoms with E-state index in [2.05, 4.69) is 22.4 Å².